The predicted octanol–water partition coefficient (Wildman–Crippen LogP) is 0.737. The van der Waals surface area contributed by atoms with E-state index in [1.165, 1.54) is 0 Å². The molecule has 1 atom stereocenters. The maximum absolute atomic E-state index is 11.9. The Balaban J connectivity index is 1.85. The van der Waals surface area contributed by atoms with E-state index < -0.39 is 5.97 Å². The molecule has 0 aliphatic carbocycles. The highest BCUT2D eigenvalue weighted by Crippen LogP contribution is 2.22. The lowest BCUT2D eigenvalue weighted by Gasteiger charge is -2.15. The van der Waals surface area contributed by atoms with E-state index in [0.29, 0.717) is 31.1 Å². The molecule has 1 amide bonds. The van der Waals surface area contributed by atoms with Gasteiger partial charge in [-0.1, -0.05) is 0 Å². The van der Waals surface area contributed by atoms with Gasteiger partial charge < -0.3 is 10.0 Å². The molecule has 2 heterocycles. The maximum atomic E-state index is 11.9. The number of amides is 1. The molecule has 2 rings (SSSR count). The summed E-state index contributed by atoms with van der Waals surface area (Å²) in [6.07, 6.45) is 3.25. The van der Waals surface area contributed by atoms with Gasteiger partial charge in [0.05, 0.1) is 0 Å². The van der Waals surface area contributed by atoms with Crippen LogP contribution >= 0.6 is 0 Å². The van der Waals surface area contributed by atoms with Crippen molar-refractivity contribution in [3.8, 4) is 0 Å². The fourth-order valence-electron chi connectivity index (χ4n) is 2.13. The number of nitrogens with one attached hydrogen (secondary N) is 1. The van der Waals surface area contributed by atoms with Gasteiger partial charge in [0.2, 0.25) is 0 Å². The number of aromatic amines is 1. The second kappa shape index (κ2) is 4.99. The van der Waals surface area contributed by atoms with Gasteiger partial charge in [-0.25, -0.2) is 0 Å². The molecule has 1 unspecified atom stereocenters. The normalized spacial score (nSPS) is 19.5. The number of hydrogen-bond acceptors (Lipinski definition) is 3. The zero-order valence-corrected chi connectivity index (χ0v) is 9.43. The molecule has 0 spiro atoms. The van der Waals surface area contributed by atoms with E-state index in [1.807, 2.05) is 0 Å². The third-order valence-corrected chi connectivity index (χ3v) is 3.07. The van der Waals surface area contributed by atoms with Crippen molar-refractivity contribution in [1.82, 2.24) is 15.1 Å². The Labute approximate surface area is 98.6 Å². The van der Waals surface area contributed by atoms with E-state index >= 15 is 0 Å². The van der Waals surface area contributed by atoms with Crippen LogP contribution in [0.3, 0.4) is 0 Å². The van der Waals surface area contributed by atoms with Crippen molar-refractivity contribution in [2.24, 2.45) is 5.92 Å². The van der Waals surface area contributed by atoms with Crippen LogP contribution in [-0.4, -0.2) is 45.2 Å². The molecule has 0 saturated carbocycles. The summed E-state index contributed by atoms with van der Waals surface area (Å²) in [6, 6.07) is 1.65. The highest BCUT2D eigenvalue weighted by atomic mass is 16.4. The molecule has 1 aromatic rings. The second-order valence-corrected chi connectivity index (χ2v) is 4.31. The topological polar surface area (TPSA) is 86.3 Å². The van der Waals surface area contributed by atoms with Crippen LogP contribution in [-0.2, 0) is 4.79 Å². The van der Waals surface area contributed by atoms with E-state index in [0.717, 1.165) is 6.42 Å². The molecule has 6 nitrogen and oxygen atoms in total. The smallest absolute Gasteiger partial charge is 0.303 e. The number of carboxylic acids is 1. The summed E-state index contributed by atoms with van der Waals surface area (Å²) in [5.74, 6) is -0.526. The first kappa shape index (κ1) is 11.6. The average molecular weight is 237 g/mol. The Kier molecular flexibility index (Phi) is 3.41. The molecule has 2 N–H and O–H groups in total. The minimum atomic E-state index is -0.775. The molecular weight excluding hydrogens is 222 g/mol. The molecule has 0 aromatic carbocycles. The molecule has 1 saturated heterocycles. The van der Waals surface area contributed by atoms with E-state index in [-0.39, 0.29) is 12.3 Å². The average Bonchev–Trinajstić information content (AvgIpc) is 2.97. The Morgan fingerprint density at radius 2 is 2.41 bits per heavy atom. The third-order valence-electron chi connectivity index (χ3n) is 3.07. The summed E-state index contributed by atoms with van der Waals surface area (Å²) >= 11 is 0. The molecule has 0 bridgehead atoms. The molecule has 92 valence electrons. The predicted molar refractivity (Wildman–Crippen MR) is 59.5 cm³/mol. The summed E-state index contributed by atoms with van der Waals surface area (Å²) in [4.78, 5) is 24.1. The molecule has 1 aliphatic heterocycles. The van der Waals surface area contributed by atoms with Crippen molar-refractivity contribution in [3.05, 3.63) is 18.0 Å². The molecule has 6 heteroatoms. The summed E-state index contributed by atoms with van der Waals surface area (Å²) in [5.41, 5.74) is 0.490. The summed E-state index contributed by atoms with van der Waals surface area (Å²) in [6.45, 7) is 1.34. The van der Waals surface area contributed by atoms with Crippen LogP contribution in [0.2, 0.25) is 0 Å². The number of likely N-dealkylation sites (tertiary alicyclic amines) is 1. The van der Waals surface area contributed by atoms with Crippen molar-refractivity contribution in [2.45, 2.75) is 19.3 Å². The standard InChI is InChI=1S/C11H15N3O3/c15-10(16)2-1-8-4-6-14(7-8)11(17)9-3-5-12-13-9/h3,5,8H,1-2,4,6-7H2,(H,12,13)(H,15,16). The molecule has 1 aromatic heterocycles. The van der Waals surface area contributed by atoms with Crippen LogP contribution in [0.5, 0.6) is 0 Å². The van der Waals surface area contributed by atoms with E-state index in [9.17, 15) is 9.59 Å². The Morgan fingerprint density at radius 1 is 1.59 bits per heavy atom. The zero-order valence-electron chi connectivity index (χ0n) is 9.43. The third kappa shape index (κ3) is 2.83. The minimum absolute atomic E-state index is 0.0553. The van der Waals surface area contributed by atoms with Crippen molar-refractivity contribution in [2.75, 3.05) is 13.1 Å². The van der Waals surface area contributed by atoms with Gasteiger partial charge in [0.25, 0.3) is 5.91 Å². The van der Waals surface area contributed by atoms with Crippen LogP contribution in [0.25, 0.3) is 0 Å². The van der Waals surface area contributed by atoms with E-state index in [1.54, 1.807) is 17.2 Å². The van der Waals surface area contributed by atoms with E-state index in [2.05, 4.69) is 10.2 Å². The maximum Gasteiger partial charge on any atom is 0.303 e. The van der Waals surface area contributed by atoms with Crippen LogP contribution in [0.1, 0.15) is 29.8 Å². The van der Waals surface area contributed by atoms with Gasteiger partial charge in [0.15, 0.2) is 0 Å². The van der Waals surface area contributed by atoms with Gasteiger partial charge in [-0.2, -0.15) is 5.10 Å². The van der Waals surface area contributed by atoms with Crippen LogP contribution in [0, 0.1) is 5.92 Å². The lowest BCUT2D eigenvalue weighted by molar-refractivity contribution is -0.137. The van der Waals surface area contributed by atoms with Crippen LogP contribution in [0.15, 0.2) is 12.3 Å². The fraction of sp³-hybridized carbons (Fsp3) is 0.545. The number of H-pyrrole nitrogens is 1. The number of carbonyl (C=O) groups is 2. The van der Waals surface area contributed by atoms with Gasteiger partial charge in [0.1, 0.15) is 5.69 Å². The van der Waals surface area contributed by atoms with Gasteiger partial charge in [-0.05, 0) is 24.8 Å². The molecule has 1 aliphatic rings. The molecule has 0 radical (unpaired) electrons. The number of hydrogen-bond donors (Lipinski definition) is 2. The highest BCUT2D eigenvalue weighted by molar-refractivity contribution is 5.92. The molecule has 1 fully saturated rings. The molecular formula is C11H15N3O3. The van der Waals surface area contributed by atoms with Gasteiger partial charge >= 0.3 is 5.97 Å². The summed E-state index contributed by atoms with van der Waals surface area (Å²) in [5, 5.41) is 15.0. The number of carboxylic acid groups (broad SMARTS) is 1. The van der Waals surface area contributed by atoms with Crippen LogP contribution < -0.4 is 0 Å². The second-order valence-electron chi connectivity index (χ2n) is 4.31. The number of rotatable bonds is 4. The lowest BCUT2D eigenvalue weighted by atomic mass is 10.0. The quantitative estimate of drug-likeness (QED) is 0.808. The minimum Gasteiger partial charge on any atom is -0.481 e. The van der Waals surface area contributed by atoms with Crippen LogP contribution in [0.4, 0.5) is 0 Å². The summed E-state index contributed by atoms with van der Waals surface area (Å²) < 4.78 is 0. The lowest BCUT2D eigenvalue weighted by Crippen LogP contribution is -2.29. The Hall–Kier alpha value is -1.85. The Morgan fingerprint density at radius 3 is 3.06 bits per heavy atom. The van der Waals surface area contributed by atoms with Crippen molar-refractivity contribution in [3.63, 3.8) is 0 Å². The summed E-state index contributed by atoms with van der Waals surface area (Å²) in [7, 11) is 0. The van der Waals surface area contributed by atoms with Crippen molar-refractivity contribution in [1.29, 1.82) is 0 Å². The number of carbonyl (C=O) groups excluding carboxylic acids is 1. The Bertz CT molecular complexity index is 402. The number of aliphatic carboxylic acids is 1. The highest BCUT2D eigenvalue weighted by Gasteiger charge is 2.27. The first-order valence-electron chi connectivity index (χ1n) is 5.67. The van der Waals surface area contributed by atoms with Gasteiger partial charge in [-0.3, -0.25) is 14.7 Å². The first-order chi connectivity index (χ1) is 8.16. The van der Waals surface area contributed by atoms with Crippen molar-refractivity contribution >= 4 is 11.9 Å². The first-order valence-corrected chi connectivity index (χ1v) is 5.67. The van der Waals surface area contributed by atoms with E-state index in [4.69, 9.17) is 5.11 Å². The monoisotopic (exact) mass is 237 g/mol. The SMILES string of the molecule is O=C(O)CCC1CCN(C(=O)c2ccn[nH]2)C1. The number of nitrogens with zero attached hydrogens (tertiary/aromatic N) is 2. The van der Waals surface area contributed by atoms with Gasteiger partial charge in [0, 0.05) is 25.7 Å². The van der Waals surface area contributed by atoms with Crippen molar-refractivity contribution < 1.29 is 14.7 Å². The number of aromatic nitrogens is 2. The fourth-order valence-corrected chi connectivity index (χ4v) is 2.13. The molecule has 17 heavy (non-hydrogen) atoms. The van der Waals surface area contributed by atoms with Gasteiger partial charge in [-0.15, -0.1) is 0 Å². The zero-order chi connectivity index (χ0) is 12.3. The largest absolute Gasteiger partial charge is 0.481 e.